The Hall–Kier alpha value is -2.64. The van der Waals surface area contributed by atoms with Crippen molar-refractivity contribution in [2.45, 2.75) is 13.0 Å². The van der Waals surface area contributed by atoms with Crippen molar-refractivity contribution in [2.75, 3.05) is 23.8 Å². The highest BCUT2D eigenvalue weighted by atomic mass is 35.5. The molecule has 1 amide bonds. The molecule has 8 heteroatoms. The summed E-state index contributed by atoms with van der Waals surface area (Å²) in [6.07, 6.45) is 0.465. The Balaban J connectivity index is 2.02. The van der Waals surface area contributed by atoms with E-state index in [1.54, 1.807) is 36.4 Å². The minimum absolute atomic E-state index is 0.0753. The van der Waals surface area contributed by atoms with Gasteiger partial charge in [-0.25, -0.2) is 9.78 Å². The summed E-state index contributed by atoms with van der Waals surface area (Å²) >= 11 is 5.88. The maximum absolute atomic E-state index is 12.3. The quantitative estimate of drug-likeness (QED) is 0.515. The van der Waals surface area contributed by atoms with E-state index >= 15 is 0 Å². The summed E-state index contributed by atoms with van der Waals surface area (Å²) in [5.41, 5.74) is 1.13. The van der Waals surface area contributed by atoms with Crippen LogP contribution in [0.2, 0.25) is 5.15 Å². The molecule has 1 unspecified atom stereocenters. The van der Waals surface area contributed by atoms with Crippen LogP contribution in [-0.4, -0.2) is 41.2 Å². The number of amides is 1. The van der Waals surface area contributed by atoms with Gasteiger partial charge in [-0.15, -0.1) is 0 Å². The van der Waals surface area contributed by atoms with Crippen LogP contribution >= 0.6 is 11.6 Å². The molecule has 3 N–H and O–H groups in total. The average Bonchev–Trinajstić information content (AvgIpc) is 2.62. The number of rotatable bonds is 7. The molecule has 7 nitrogen and oxygen atoms in total. The lowest BCUT2D eigenvalue weighted by Gasteiger charge is -2.15. The van der Waals surface area contributed by atoms with Crippen LogP contribution in [0.25, 0.3) is 0 Å². The number of anilines is 2. The maximum atomic E-state index is 12.3. The van der Waals surface area contributed by atoms with Gasteiger partial charge in [0.05, 0.1) is 17.9 Å². The fraction of sp³-hybridized carbons (Fsp3) is 0.235. The highest BCUT2D eigenvalue weighted by Gasteiger charge is 2.21. The molecule has 0 spiro atoms. The number of carbonyl (C=O) groups is 2. The molecule has 0 aliphatic carbocycles. The number of para-hydroxylation sites is 1. The van der Waals surface area contributed by atoms with E-state index in [0.717, 1.165) is 0 Å². The molecule has 2 rings (SSSR count). The van der Waals surface area contributed by atoms with Crippen LogP contribution in [0.4, 0.5) is 11.4 Å². The lowest BCUT2D eigenvalue weighted by Crippen LogP contribution is -2.30. The molecule has 0 saturated carbocycles. The monoisotopic (exact) mass is 363 g/mol. The van der Waals surface area contributed by atoms with Crippen molar-refractivity contribution in [2.24, 2.45) is 0 Å². The second-order valence-electron chi connectivity index (χ2n) is 5.07. The highest BCUT2D eigenvalue weighted by Crippen LogP contribution is 2.19. The second kappa shape index (κ2) is 9.00. The normalized spacial score (nSPS) is 11.5. The van der Waals surface area contributed by atoms with E-state index in [1.807, 2.05) is 0 Å². The van der Waals surface area contributed by atoms with Gasteiger partial charge in [-0.2, -0.15) is 0 Å². The second-order valence-corrected chi connectivity index (χ2v) is 5.43. The zero-order valence-corrected chi connectivity index (χ0v) is 14.3. The number of pyridine rings is 1. The summed E-state index contributed by atoms with van der Waals surface area (Å²) in [7, 11) is 0. The summed E-state index contributed by atoms with van der Waals surface area (Å²) in [6.45, 7) is 1.68. The van der Waals surface area contributed by atoms with Gasteiger partial charge < -0.3 is 20.5 Å². The summed E-state index contributed by atoms with van der Waals surface area (Å²) in [6, 6.07) is 9.91. The van der Waals surface area contributed by atoms with E-state index in [0.29, 0.717) is 17.9 Å². The number of benzene rings is 1. The summed E-state index contributed by atoms with van der Waals surface area (Å²) in [5, 5.41) is 14.5. The van der Waals surface area contributed by atoms with Crippen LogP contribution in [0.15, 0.2) is 42.6 Å². The Kier molecular flexibility index (Phi) is 6.73. The Bertz CT molecular complexity index is 754. The zero-order chi connectivity index (χ0) is 18.2. The predicted octanol–water partition coefficient (Wildman–Crippen LogP) is 2.32. The van der Waals surface area contributed by atoms with Gasteiger partial charge in [-0.3, -0.25) is 4.79 Å². The van der Waals surface area contributed by atoms with Gasteiger partial charge >= 0.3 is 5.97 Å². The standard InChI is InChI=1S/C17H18ClN3O4/c1-11(16(23)21-14-7-4-8-20-15(14)18)25-17(24)12-5-2-3-6-13(12)19-9-10-22/h2-8,11,19,22H,9-10H2,1H3,(H,21,23). The number of aliphatic hydroxyl groups is 1. The van der Waals surface area contributed by atoms with Gasteiger partial charge in [-0.05, 0) is 31.2 Å². The van der Waals surface area contributed by atoms with E-state index in [2.05, 4.69) is 15.6 Å². The van der Waals surface area contributed by atoms with Crippen molar-refractivity contribution in [3.63, 3.8) is 0 Å². The Labute approximate surface area is 150 Å². The molecule has 1 atom stereocenters. The van der Waals surface area contributed by atoms with Gasteiger partial charge in [0.25, 0.3) is 5.91 Å². The molecule has 0 bridgehead atoms. The minimum Gasteiger partial charge on any atom is -0.449 e. The first-order valence-electron chi connectivity index (χ1n) is 7.59. The topological polar surface area (TPSA) is 101 Å². The van der Waals surface area contributed by atoms with Crippen LogP contribution in [-0.2, 0) is 9.53 Å². The number of carbonyl (C=O) groups excluding carboxylic acids is 2. The molecular weight excluding hydrogens is 346 g/mol. The number of esters is 1. The highest BCUT2D eigenvalue weighted by molar-refractivity contribution is 6.32. The lowest BCUT2D eigenvalue weighted by atomic mass is 10.1. The van der Waals surface area contributed by atoms with E-state index in [1.165, 1.54) is 13.1 Å². The first-order valence-corrected chi connectivity index (χ1v) is 7.97. The number of hydrogen-bond acceptors (Lipinski definition) is 6. The molecule has 132 valence electrons. The minimum atomic E-state index is -1.03. The van der Waals surface area contributed by atoms with Crippen LogP contribution < -0.4 is 10.6 Å². The van der Waals surface area contributed by atoms with Gasteiger partial charge in [-0.1, -0.05) is 23.7 Å². The number of halogens is 1. The number of hydrogen-bond donors (Lipinski definition) is 3. The lowest BCUT2D eigenvalue weighted by molar-refractivity contribution is -0.123. The summed E-state index contributed by atoms with van der Waals surface area (Å²) < 4.78 is 5.21. The van der Waals surface area contributed by atoms with Gasteiger partial charge in [0, 0.05) is 18.4 Å². The van der Waals surface area contributed by atoms with Crippen molar-refractivity contribution >= 4 is 34.9 Å². The zero-order valence-electron chi connectivity index (χ0n) is 13.5. The number of ether oxygens (including phenoxy) is 1. The number of nitrogens with one attached hydrogen (secondary N) is 2. The molecular formula is C17H18ClN3O4. The average molecular weight is 364 g/mol. The molecule has 1 aromatic carbocycles. The molecule has 0 radical (unpaired) electrons. The third kappa shape index (κ3) is 5.17. The molecule has 0 aliphatic rings. The Morgan fingerprint density at radius 2 is 1.96 bits per heavy atom. The van der Waals surface area contributed by atoms with Crippen molar-refractivity contribution in [3.05, 3.63) is 53.3 Å². The Morgan fingerprint density at radius 1 is 1.24 bits per heavy atom. The van der Waals surface area contributed by atoms with E-state index < -0.39 is 18.0 Å². The number of aromatic nitrogens is 1. The molecule has 25 heavy (non-hydrogen) atoms. The van der Waals surface area contributed by atoms with Crippen LogP contribution in [0.1, 0.15) is 17.3 Å². The van der Waals surface area contributed by atoms with Gasteiger partial charge in [0.15, 0.2) is 11.3 Å². The van der Waals surface area contributed by atoms with Crippen LogP contribution in [0.3, 0.4) is 0 Å². The Morgan fingerprint density at radius 3 is 2.68 bits per heavy atom. The third-order valence-electron chi connectivity index (χ3n) is 3.24. The maximum Gasteiger partial charge on any atom is 0.341 e. The van der Waals surface area contributed by atoms with E-state index in [9.17, 15) is 9.59 Å². The fourth-order valence-corrected chi connectivity index (χ4v) is 2.16. The molecule has 0 saturated heterocycles. The smallest absolute Gasteiger partial charge is 0.341 e. The molecule has 1 heterocycles. The SMILES string of the molecule is CC(OC(=O)c1ccccc1NCCO)C(=O)Nc1cccnc1Cl. The van der Waals surface area contributed by atoms with Crippen molar-refractivity contribution in [1.82, 2.24) is 4.98 Å². The molecule has 2 aromatic rings. The van der Waals surface area contributed by atoms with Crippen molar-refractivity contribution < 1.29 is 19.4 Å². The molecule has 0 fully saturated rings. The van der Waals surface area contributed by atoms with Crippen molar-refractivity contribution in [3.8, 4) is 0 Å². The first-order chi connectivity index (χ1) is 12.0. The number of nitrogens with zero attached hydrogens (tertiary/aromatic N) is 1. The molecule has 0 aliphatic heterocycles. The van der Waals surface area contributed by atoms with Crippen molar-refractivity contribution in [1.29, 1.82) is 0 Å². The van der Waals surface area contributed by atoms with Gasteiger partial charge in [0.1, 0.15) is 0 Å². The predicted molar refractivity (Wildman–Crippen MR) is 94.8 cm³/mol. The number of aliphatic hydroxyl groups excluding tert-OH is 1. The fourth-order valence-electron chi connectivity index (χ4n) is 2.00. The largest absolute Gasteiger partial charge is 0.449 e. The first kappa shape index (κ1) is 18.7. The molecule has 1 aromatic heterocycles. The third-order valence-corrected chi connectivity index (χ3v) is 3.55. The van der Waals surface area contributed by atoms with Crippen LogP contribution in [0.5, 0.6) is 0 Å². The van der Waals surface area contributed by atoms with E-state index in [4.69, 9.17) is 21.4 Å². The summed E-state index contributed by atoms with van der Waals surface area (Å²) in [5.74, 6) is -1.18. The summed E-state index contributed by atoms with van der Waals surface area (Å²) in [4.78, 5) is 28.3. The van der Waals surface area contributed by atoms with E-state index in [-0.39, 0.29) is 17.3 Å². The van der Waals surface area contributed by atoms with Crippen LogP contribution in [0, 0.1) is 0 Å². The van der Waals surface area contributed by atoms with Gasteiger partial charge in [0.2, 0.25) is 0 Å².